The lowest BCUT2D eigenvalue weighted by atomic mass is 9.88. The van der Waals surface area contributed by atoms with Crippen molar-refractivity contribution in [3.05, 3.63) is 58.3 Å². The van der Waals surface area contributed by atoms with Crippen LogP contribution in [-0.2, 0) is 12.8 Å². The third-order valence-corrected chi connectivity index (χ3v) is 3.79. The molecule has 3 heteroatoms. The van der Waals surface area contributed by atoms with Gasteiger partial charge in [-0.3, -0.25) is 0 Å². The Morgan fingerprint density at radius 3 is 2.35 bits per heavy atom. The Balaban J connectivity index is 2.09. The maximum absolute atomic E-state index is 6.40. The average Bonchev–Trinajstić information content (AvgIpc) is 2.83. The molecule has 0 radical (unpaired) electrons. The number of benzene rings is 1. The van der Waals surface area contributed by atoms with E-state index in [2.05, 4.69) is 29.6 Å². The molecule has 0 fully saturated rings. The van der Waals surface area contributed by atoms with Crippen LogP contribution in [0.4, 0.5) is 0 Å². The molecule has 0 saturated carbocycles. The van der Waals surface area contributed by atoms with E-state index in [4.69, 9.17) is 11.5 Å². The fourth-order valence-electron chi connectivity index (χ4n) is 1.97. The zero-order valence-corrected chi connectivity index (χ0v) is 10.6. The Hall–Kier alpha value is -1.16. The van der Waals surface area contributed by atoms with Crippen LogP contribution < -0.4 is 11.5 Å². The lowest BCUT2D eigenvalue weighted by Gasteiger charge is -2.27. The van der Waals surface area contributed by atoms with Crippen molar-refractivity contribution in [2.24, 2.45) is 11.5 Å². The second-order valence-electron chi connectivity index (χ2n) is 4.49. The van der Waals surface area contributed by atoms with Gasteiger partial charge in [-0.05, 0) is 23.4 Å². The van der Waals surface area contributed by atoms with Gasteiger partial charge >= 0.3 is 0 Å². The van der Waals surface area contributed by atoms with Crippen LogP contribution in [0.3, 0.4) is 0 Å². The molecule has 90 valence electrons. The molecule has 0 amide bonds. The lowest BCUT2D eigenvalue weighted by molar-refractivity contribution is 0.432. The van der Waals surface area contributed by atoms with E-state index in [1.54, 1.807) is 11.3 Å². The molecule has 1 aromatic carbocycles. The summed E-state index contributed by atoms with van der Waals surface area (Å²) in [7, 11) is 0. The van der Waals surface area contributed by atoms with Crippen molar-refractivity contribution in [2.45, 2.75) is 18.4 Å². The molecule has 1 unspecified atom stereocenters. The summed E-state index contributed by atoms with van der Waals surface area (Å²) in [6.07, 6.45) is 1.66. The van der Waals surface area contributed by atoms with E-state index < -0.39 is 0 Å². The Kier molecular flexibility index (Phi) is 3.94. The number of hydrogen-bond acceptors (Lipinski definition) is 3. The van der Waals surface area contributed by atoms with Crippen molar-refractivity contribution >= 4 is 11.3 Å². The smallest absolute Gasteiger partial charge is 0.0368 e. The van der Waals surface area contributed by atoms with Gasteiger partial charge in [0.05, 0.1) is 0 Å². The van der Waals surface area contributed by atoms with Gasteiger partial charge in [-0.2, -0.15) is 0 Å². The van der Waals surface area contributed by atoms with E-state index in [1.807, 2.05) is 18.2 Å². The highest BCUT2D eigenvalue weighted by molar-refractivity contribution is 7.09. The van der Waals surface area contributed by atoms with Gasteiger partial charge in [0, 0.05) is 23.4 Å². The van der Waals surface area contributed by atoms with Crippen molar-refractivity contribution < 1.29 is 0 Å². The van der Waals surface area contributed by atoms with Crippen LogP contribution in [-0.4, -0.2) is 12.1 Å². The van der Waals surface area contributed by atoms with E-state index >= 15 is 0 Å². The highest BCUT2D eigenvalue weighted by Gasteiger charge is 2.24. The molecular weight excluding hydrogens is 228 g/mol. The van der Waals surface area contributed by atoms with E-state index in [9.17, 15) is 0 Å². The summed E-state index contributed by atoms with van der Waals surface area (Å²) in [6, 6.07) is 14.5. The normalized spacial score (nSPS) is 14.5. The van der Waals surface area contributed by atoms with Gasteiger partial charge in [0.2, 0.25) is 0 Å². The van der Waals surface area contributed by atoms with Gasteiger partial charge < -0.3 is 11.5 Å². The zero-order chi connectivity index (χ0) is 12.1. The first-order valence-corrected chi connectivity index (χ1v) is 6.65. The largest absolute Gasteiger partial charge is 0.329 e. The summed E-state index contributed by atoms with van der Waals surface area (Å²) in [4.78, 5) is 1.30. The van der Waals surface area contributed by atoms with Gasteiger partial charge in [-0.1, -0.05) is 36.4 Å². The summed E-state index contributed by atoms with van der Waals surface area (Å²) in [5, 5.41) is 2.08. The summed E-state index contributed by atoms with van der Waals surface area (Å²) in [6.45, 7) is 0.500. The summed E-state index contributed by atoms with van der Waals surface area (Å²) < 4.78 is 0. The molecular formula is C14H18N2S. The van der Waals surface area contributed by atoms with Gasteiger partial charge in [-0.25, -0.2) is 0 Å². The lowest BCUT2D eigenvalue weighted by Crippen LogP contribution is -2.50. The van der Waals surface area contributed by atoms with Crippen molar-refractivity contribution in [3.8, 4) is 0 Å². The topological polar surface area (TPSA) is 52.0 Å². The van der Waals surface area contributed by atoms with Gasteiger partial charge in [0.25, 0.3) is 0 Å². The molecule has 0 saturated heterocycles. The van der Waals surface area contributed by atoms with Crippen molar-refractivity contribution in [1.29, 1.82) is 0 Å². The molecule has 17 heavy (non-hydrogen) atoms. The minimum absolute atomic E-state index is 0.341. The predicted octanol–water partition coefficient (Wildman–Crippen LogP) is 2.19. The maximum Gasteiger partial charge on any atom is 0.0368 e. The van der Waals surface area contributed by atoms with E-state index in [1.165, 1.54) is 10.4 Å². The first kappa shape index (κ1) is 12.3. The third kappa shape index (κ3) is 3.40. The van der Waals surface area contributed by atoms with Crippen LogP contribution in [0.15, 0.2) is 47.8 Å². The number of hydrogen-bond donors (Lipinski definition) is 2. The molecule has 1 atom stereocenters. The molecule has 2 nitrogen and oxygen atoms in total. The Labute approximate surface area is 106 Å². The van der Waals surface area contributed by atoms with Crippen LogP contribution in [0.25, 0.3) is 0 Å². The number of rotatable bonds is 5. The maximum atomic E-state index is 6.40. The highest BCUT2D eigenvalue weighted by atomic mass is 32.1. The quantitative estimate of drug-likeness (QED) is 0.849. The van der Waals surface area contributed by atoms with E-state index in [-0.39, 0.29) is 5.54 Å². The molecule has 0 spiro atoms. The molecule has 0 aliphatic rings. The molecule has 1 aromatic heterocycles. The number of nitrogens with two attached hydrogens (primary N) is 2. The van der Waals surface area contributed by atoms with Gasteiger partial charge in [-0.15, -0.1) is 11.3 Å². The fraction of sp³-hybridized carbons (Fsp3) is 0.286. The zero-order valence-electron chi connectivity index (χ0n) is 9.80. The Bertz CT molecular complexity index is 439. The highest BCUT2D eigenvalue weighted by Crippen LogP contribution is 2.19. The minimum Gasteiger partial charge on any atom is -0.329 e. The van der Waals surface area contributed by atoms with Crippen LogP contribution in [0, 0.1) is 0 Å². The van der Waals surface area contributed by atoms with Crippen molar-refractivity contribution in [2.75, 3.05) is 6.54 Å². The van der Waals surface area contributed by atoms with Crippen LogP contribution in [0.2, 0.25) is 0 Å². The van der Waals surface area contributed by atoms with Gasteiger partial charge in [0.15, 0.2) is 0 Å². The van der Waals surface area contributed by atoms with Crippen LogP contribution >= 0.6 is 11.3 Å². The second kappa shape index (κ2) is 5.45. The summed E-state index contributed by atoms with van der Waals surface area (Å²) >= 11 is 1.74. The molecule has 0 bridgehead atoms. The first-order valence-electron chi connectivity index (χ1n) is 5.77. The summed E-state index contributed by atoms with van der Waals surface area (Å²) in [5.41, 5.74) is 13.2. The molecule has 0 aliphatic heterocycles. The Morgan fingerprint density at radius 1 is 1.00 bits per heavy atom. The van der Waals surface area contributed by atoms with Crippen LogP contribution in [0.1, 0.15) is 10.4 Å². The molecule has 4 N–H and O–H groups in total. The fourth-order valence-corrected chi connectivity index (χ4v) is 2.83. The molecule has 2 rings (SSSR count). The predicted molar refractivity (Wildman–Crippen MR) is 74.1 cm³/mol. The standard InChI is InChI=1S/C14H18N2S/c15-11-14(16,10-13-7-4-8-17-13)9-12-5-2-1-3-6-12/h1-8H,9-11,15-16H2. The minimum atomic E-state index is -0.341. The monoisotopic (exact) mass is 246 g/mol. The molecule has 1 heterocycles. The van der Waals surface area contributed by atoms with E-state index in [0.717, 1.165) is 12.8 Å². The van der Waals surface area contributed by atoms with Crippen LogP contribution in [0.5, 0.6) is 0 Å². The third-order valence-electron chi connectivity index (χ3n) is 2.91. The van der Waals surface area contributed by atoms with E-state index in [0.29, 0.717) is 6.54 Å². The first-order chi connectivity index (χ1) is 8.22. The molecule has 2 aromatic rings. The van der Waals surface area contributed by atoms with Crippen molar-refractivity contribution in [3.63, 3.8) is 0 Å². The SMILES string of the molecule is NCC(N)(Cc1ccccc1)Cc1cccs1. The molecule has 0 aliphatic carbocycles. The summed E-state index contributed by atoms with van der Waals surface area (Å²) in [5.74, 6) is 0. The Morgan fingerprint density at radius 2 is 1.76 bits per heavy atom. The van der Waals surface area contributed by atoms with Crippen molar-refractivity contribution in [1.82, 2.24) is 0 Å². The average molecular weight is 246 g/mol. The van der Waals surface area contributed by atoms with Gasteiger partial charge in [0.1, 0.15) is 0 Å². The number of thiophene rings is 1. The second-order valence-corrected chi connectivity index (χ2v) is 5.52.